The monoisotopic (exact) mass is 258 g/mol. The van der Waals surface area contributed by atoms with Crippen LogP contribution in [0.5, 0.6) is 0 Å². The summed E-state index contributed by atoms with van der Waals surface area (Å²) < 4.78 is 0. The summed E-state index contributed by atoms with van der Waals surface area (Å²) in [4.78, 5) is 10.2. The van der Waals surface area contributed by atoms with Crippen LogP contribution >= 0.6 is 11.6 Å². The summed E-state index contributed by atoms with van der Waals surface area (Å²) in [5, 5.41) is 23.1. The van der Waals surface area contributed by atoms with Crippen molar-refractivity contribution in [3.8, 4) is 0 Å². The maximum absolute atomic E-state index is 10.7. The van der Waals surface area contributed by atoms with Gasteiger partial charge in [0.05, 0.1) is 11.0 Å². The van der Waals surface area contributed by atoms with Gasteiger partial charge < -0.3 is 10.4 Å². The zero-order valence-electron chi connectivity index (χ0n) is 9.52. The Hall–Kier alpha value is -1.17. The summed E-state index contributed by atoms with van der Waals surface area (Å²) in [6.07, 6.45) is 0.283. The first-order valence-corrected chi connectivity index (χ1v) is 5.74. The van der Waals surface area contributed by atoms with Gasteiger partial charge in [0.1, 0.15) is 5.02 Å². The normalized spacial score (nSPS) is 12.4. The van der Waals surface area contributed by atoms with E-state index in [-0.39, 0.29) is 10.7 Å². The van der Waals surface area contributed by atoms with Crippen LogP contribution in [0.3, 0.4) is 0 Å². The van der Waals surface area contributed by atoms with Crippen LogP contribution < -0.4 is 5.32 Å². The van der Waals surface area contributed by atoms with Crippen LogP contribution in [0, 0.1) is 10.1 Å². The standard InChI is InChI=1S/C11H15ClN2O3/c1-2-9(15)7-13-6-8-3-4-10(12)11(5-8)14(16)17/h3-5,9,13,15H,2,6-7H2,1H3. The third-order valence-electron chi connectivity index (χ3n) is 2.39. The lowest BCUT2D eigenvalue weighted by molar-refractivity contribution is -0.384. The van der Waals surface area contributed by atoms with Gasteiger partial charge in [-0.1, -0.05) is 24.6 Å². The molecular formula is C11H15ClN2O3. The van der Waals surface area contributed by atoms with Gasteiger partial charge in [-0.05, 0) is 18.1 Å². The molecule has 0 bridgehead atoms. The predicted octanol–water partition coefficient (Wildman–Crippen LogP) is 2.11. The predicted molar refractivity (Wildman–Crippen MR) is 66.1 cm³/mol. The molecule has 1 atom stereocenters. The lowest BCUT2D eigenvalue weighted by Crippen LogP contribution is -2.25. The minimum Gasteiger partial charge on any atom is -0.392 e. The van der Waals surface area contributed by atoms with Crippen molar-refractivity contribution < 1.29 is 10.0 Å². The quantitative estimate of drug-likeness (QED) is 0.605. The van der Waals surface area contributed by atoms with Crippen molar-refractivity contribution in [3.05, 3.63) is 38.9 Å². The topological polar surface area (TPSA) is 75.4 Å². The van der Waals surface area contributed by atoms with Crippen molar-refractivity contribution in [2.45, 2.75) is 26.0 Å². The van der Waals surface area contributed by atoms with Crippen LogP contribution in [0.4, 0.5) is 5.69 Å². The molecule has 17 heavy (non-hydrogen) atoms. The highest BCUT2D eigenvalue weighted by Crippen LogP contribution is 2.24. The molecule has 0 aliphatic carbocycles. The maximum atomic E-state index is 10.7. The molecule has 2 N–H and O–H groups in total. The van der Waals surface area contributed by atoms with Crippen LogP contribution in [0.15, 0.2) is 18.2 Å². The Balaban J connectivity index is 2.60. The second-order valence-electron chi connectivity index (χ2n) is 3.74. The van der Waals surface area contributed by atoms with Gasteiger partial charge in [0.15, 0.2) is 0 Å². The Bertz CT molecular complexity index is 398. The molecule has 0 aromatic heterocycles. The van der Waals surface area contributed by atoms with E-state index in [1.165, 1.54) is 12.1 Å². The molecule has 0 heterocycles. The molecule has 0 fully saturated rings. The summed E-state index contributed by atoms with van der Waals surface area (Å²) in [5.74, 6) is 0. The maximum Gasteiger partial charge on any atom is 0.288 e. The molecular weight excluding hydrogens is 244 g/mol. The summed E-state index contributed by atoms with van der Waals surface area (Å²) in [6.45, 7) is 2.82. The first-order chi connectivity index (χ1) is 8.04. The lowest BCUT2D eigenvalue weighted by Gasteiger charge is -2.09. The van der Waals surface area contributed by atoms with Crippen molar-refractivity contribution in [2.75, 3.05) is 6.54 Å². The van der Waals surface area contributed by atoms with E-state index in [9.17, 15) is 15.2 Å². The van der Waals surface area contributed by atoms with Crippen molar-refractivity contribution >= 4 is 17.3 Å². The van der Waals surface area contributed by atoms with E-state index in [1.807, 2.05) is 6.92 Å². The van der Waals surface area contributed by atoms with Gasteiger partial charge in [-0.15, -0.1) is 0 Å². The molecule has 1 aromatic carbocycles. The number of rotatable bonds is 6. The average molecular weight is 259 g/mol. The highest BCUT2D eigenvalue weighted by atomic mass is 35.5. The van der Waals surface area contributed by atoms with Crippen LogP contribution in [0.2, 0.25) is 5.02 Å². The minimum absolute atomic E-state index is 0.0954. The number of aliphatic hydroxyl groups is 1. The third kappa shape index (κ3) is 4.30. The molecule has 0 spiro atoms. The molecule has 0 saturated heterocycles. The Morgan fingerprint density at radius 1 is 1.59 bits per heavy atom. The van der Waals surface area contributed by atoms with E-state index < -0.39 is 11.0 Å². The Morgan fingerprint density at radius 2 is 2.29 bits per heavy atom. The first-order valence-electron chi connectivity index (χ1n) is 5.36. The van der Waals surface area contributed by atoms with E-state index in [2.05, 4.69) is 5.32 Å². The molecule has 1 rings (SSSR count). The van der Waals surface area contributed by atoms with Crippen molar-refractivity contribution in [1.82, 2.24) is 5.32 Å². The van der Waals surface area contributed by atoms with E-state index in [4.69, 9.17) is 11.6 Å². The molecule has 0 aliphatic heterocycles. The number of nitro groups is 1. The molecule has 0 aliphatic rings. The first kappa shape index (κ1) is 13.9. The van der Waals surface area contributed by atoms with E-state index >= 15 is 0 Å². The van der Waals surface area contributed by atoms with E-state index in [0.717, 1.165) is 5.56 Å². The Morgan fingerprint density at radius 3 is 2.88 bits per heavy atom. The van der Waals surface area contributed by atoms with Gasteiger partial charge in [0.25, 0.3) is 5.69 Å². The number of nitrogens with one attached hydrogen (secondary N) is 1. The van der Waals surface area contributed by atoms with Gasteiger partial charge >= 0.3 is 0 Å². The van der Waals surface area contributed by atoms with E-state index in [0.29, 0.717) is 19.5 Å². The van der Waals surface area contributed by atoms with Gasteiger partial charge in [0.2, 0.25) is 0 Å². The fraction of sp³-hybridized carbons (Fsp3) is 0.455. The minimum atomic E-state index is -0.507. The molecule has 0 saturated carbocycles. The zero-order chi connectivity index (χ0) is 12.8. The molecule has 1 unspecified atom stereocenters. The van der Waals surface area contributed by atoms with E-state index in [1.54, 1.807) is 6.07 Å². The van der Waals surface area contributed by atoms with Crippen LogP contribution in [0.25, 0.3) is 0 Å². The molecule has 94 valence electrons. The lowest BCUT2D eigenvalue weighted by atomic mass is 10.2. The second-order valence-corrected chi connectivity index (χ2v) is 4.14. The van der Waals surface area contributed by atoms with Gasteiger partial charge in [0, 0.05) is 19.2 Å². The van der Waals surface area contributed by atoms with Crippen LogP contribution in [0.1, 0.15) is 18.9 Å². The highest BCUT2D eigenvalue weighted by molar-refractivity contribution is 6.32. The molecule has 0 radical (unpaired) electrons. The van der Waals surface area contributed by atoms with Crippen LogP contribution in [-0.2, 0) is 6.54 Å². The highest BCUT2D eigenvalue weighted by Gasteiger charge is 2.12. The van der Waals surface area contributed by atoms with Crippen molar-refractivity contribution in [1.29, 1.82) is 0 Å². The molecule has 0 amide bonds. The number of nitrogens with zero attached hydrogens (tertiary/aromatic N) is 1. The van der Waals surface area contributed by atoms with Gasteiger partial charge in [-0.3, -0.25) is 10.1 Å². The van der Waals surface area contributed by atoms with Gasteiger partial charge in [-0.25, -0.2) is 0 Å². The third-order valence-corrected chi connectivity index (χ3v) is 2.71. The summed E-state index contributed by atoms with van der Waals surface area (Å²) >= 11 is 5.70. The fourth-order valence-corrected chi connectivity index (χ4v) is 1.52. The Kier molecular flexibility index (Phi) is 5.34. The number of hydrogen-bond donors (Lipinski definition) is 2. The smallest absolute Gasteiger partial charge is 0.288 e. The number of benzene rings is 1. The number of aliphatic hydroxyl groups excluding tert-OH is 1. The number of halogens is 1. The Labute approximate surface area is 105 Å². The number of hydrogen-bond acceptors (Lipinski definition) is 4. The van der Waals surface area contributed by atoms with Crippen molar-refractivity contribution in [2.24, 2.45) is 0 Å². The zero-order valence-corrected chi connectivity index (χ0v) is 10.3. The van der Waals surface area contributed by atoms with Crippen LogP contribution in [-0.4, -0.2) is 22.7 Å². The largest absolute Gasteiger partial charge is 0.392 e. The number of nitro benzene ring substituents is 1. The SMILES string of the molecule is CCC(O)CNCc1ccc(Cl)c([N+](=O)[O-])c1. The second kappa shape index (κ2) is 6.54. The average Bonchev–Trinajstić information content (AvgIpc) is 2.30. The fourth-order valence-electron chi connectivity index (χ4n) is 1.34. The molecule has 5 nitrogen and oxygen atoms in total. The molecule has 1 aromatic rings. The molecule has 6 heteroatoms. The summed E-state index contributed by atoms with van der Waals surface area (Å²) in [6, 6.07) is 4.67. The summed E-state index contributed by atoms with van der Waals surface area (Å²) in [7, 11) is 0. The van der Waals surface area contributed by atoms with Crippen molar-refractivity contribution in [3.63, 3.8) is 0 Å². The summed E-state index contributed by atoms with van der Waals surface area (Å²) in [5.41, 5.74) is 0.673. The van der Waals surface area contributed by atoms with Gasteiger partial charge in [-0.2, -0.15) is 0 Å².